The van der Waals surface area contributed by atoms with Crippen LogP contribution in [0.4, 0.5) is 0 Å². The summed E-state index contributed by atoms with van der Waals surface area (Å²) in [6.07, 6.45) is 0. The van der Waals surface area contributed by atoms with E-state index in [0.717, 1.165) is 43.4 Å². The summed E-state index contributed by atoms with van der Waals surface area (Å²) < 4.78 is 0. The van der Waals surface area contributed by atoms with E-state index >= 15 is 0 Å². The third kappa shape index (κ3) is 2.99. The summed E-state index contributed by atoms with van der Waals surface area (Å²) in [5.74, 6) is 0. The largest absolute Gasteiger partial charge is 0.192 e. The molecular weight excluding hydrogens is 556 g/mol. The number of nitrogens with zero attached hydrogens (tertiary/aromatic N) is 2. The molecule has 0 amide bonds. The fourth-order valence-corrected chi connectivity index (χ4v) is 8.89. The van der Waals surface area contributed by atoms with Gasteiger partial charge in [-0.3, -0.25) is 0 Å². The summed E-state index contributed by atoms with van der Waals surface area (Å²) in [5, 5.41) is 32.4. The van der Waals surface area contributed by atoms with E-state index in [2.05, 4.69) is 125 Å². The van der Waals surface area contributed by atoms with Gasteiger partial charge in [0, 0.05) is 10.8 Å². The third-order valence-electron chi connectivity index (χ3n) is 10.4. The van der Waals surface area contributed by atoms with Gasteiger partial charge in [0.15, 0.2) is 0 Å². The van der Waals surface area contributed by atoms with E-state index in [1.54, 1.807) is 0 Å². The first-order valence-corrected chi connectivity index (χ1v) is 15.8. The predicted octanol–water partition coefficient (Wildman–Crippen LogP) is 11.7. The van der Waals surface area contributed by atoms with Crippen LogP contribution in [0.15, 0.2) is 84.9 Å². The number of nitriles is 2. The van der Waals surface area contributed by atoms with E-state index in [1.807, 2.05) is 0 Å². The Morgan fingerprint density at radius 1 is 0.370 bits per heavy atom. The highest BCUT2D eigenvalue weighted by molar-refractivity contribution is 6.31. The maximum absolute atomic E-state index is 10.8. The van der Waals surface area contributed by atoms with Crippen molar-refractivity contribution in [3.63, 3.8) is 0 Å². The van der Waals surface area contributed by atoms with Crippen molar-refractivity contribution in [3.8, 4) is 56.6 Å². The van der Waals surface area contributed by atoms with Gasteiger partial charge in [-0.2, -0.15) is 10.5 Å². The second kappa shape index (κ2) is 8.39. The number of hydrogen-bond acceptors (Lipinski definition) is 2. The van der Waals surface area contributed by atoms with Crippen molar-refractivity contribution >= 4 is 53.9 Å². The number of fused-ring (bicyclic) bond motifs is 13. The van der Waals surface area contributed by atoms with Crippen LogP contribution in [0.5, 0.6) is 0 Å². The van der Waals surface area contributed by atoms with E-state index in [1.165, 1.54) is 77.2 Å². The topological polar surface area (TPSA) is 47.6 Å². The molecule has 0 saturated heterocycles. The Labute approximate surface area is 266 Å². The Balaban J connectivity index is 1.37. The Hall–Kier alpha value is -5.96. The first kappa shape index (κ1) is 25.4. The predicted molar refractivity (Wildman–Crippen MR) is 191 cm³/mol. The molecule has 0 atom stereocenters. The van der Waals surface area contributed by atoms with E-state index in [4.69, 9.17) is 0 Å². The molecule has 0 aliphatic heterocycles. The highest BCUT2D eigenvalue weighted by Crippen LogP contribution is 2.55. The fraction of sp³-hybridized carbons (Fsp3) is 0.0909. The molecule has 0 aromatic heterocycles. The molecule has 212 valence electrons. The molecule has 0 N–H and O–H groups in total. The monoisotopic (exact) mass is 582 g/mol. The fourth-order valence-electron chi connectivity index (χ4n) is 8.89. The number of aryl methyl sites for hydroxylation is 4. The zero-order valence-electron chi connectivity index (χ0n) is 26.0. The molecule has 10 rings (SSSR count). The Morgan fingerprint density at radius 2 is 0.739 bits per heavy atom. The standard InChI is InChI=1S/C44H26N2/c1-21-9-25-11-23(3)15-37-39(25)33(13-21)31-7-5-29-35(43(31)37)17-27(19-45)42-30-6-8-32-34-14-22(2)10-26-12-24(4)16-38(40(26)34)44(32)36(30)18-28(20-46)41(29)42/h5-18H,1-4H3. The number of benzene rings is 8. The minimum Gasteiger partial charge on any atom is -0.192 e. The number of rotatable bonds is 0. The zero-order chi connectivity index (χ0) is 31.2. The molecule has 0 fully saturated rings. The normalized spacial score (nSPS) is 12.3. The van der Waals surface area contributed by atoms with Gasteiger partial charge in [-0.15, -0.1) is 0 Å². The van der Waals surface area contributed by atoms with Crippen LogP contribution in [0, 0.1) is 50.4 Å². The van der Waals surface area contributed by atoms with Crippen LogP contribution in [-0.2, 0) is 0 Å². The molecule has 2 nitrogen and oxygen atoms in total. The summed E-state index contributed by atoms with van der Waals surface area (Å²) in [4.78, 5) is 0. The van der Waals surface area contributed by atoms with Gasteiger partial charge in [-0.05, 0) is 150 Å². The van der Waals surface area contributed by atoms with Crippen molar-refractivity contribution in [1.82, 2.24) is 0 Å². The summed E-state index contributed by atoms with van der Waals surface area (Å²) in [6.45, 7) is 8.61. The van der Waals surface area contributed by atoms with Gasteiger partial charge in [-0.25, -0.2) is 0 Å². The quantitative estimate of drug-likeness (QED) is 0.167. The van der Waals surface area contributed by atoms with Gasteiger partial charge in [0.1, 0.15) is 0 Å². The van der Waals surface area contributed by atoms with Crippen molar-refractivity contribution < 1.29 is 0 Å². The first-order chi connectivity index (χ1) is 22.3. The molecular formula is C44H26N2. The lowest BCUT2D eigenvalue weighted by Crippen LogP contribution is -1.93. The van der Waals surface area contributed by atoms with Gasteiger partial charge < -0.3 is 0 Å². The van der Waals surface area contributed by atoms with Crippen LogP contribution in [0.1, 0.15) is 33.4 Å². The van der Waals surface area contributed by atoms with Crippen molar-refractivity contribution in [1.29, 1.82) is 10.5 Å². The highest BCUT2D eigenvalue weighted by Gasteiger charge is 2.29. The highest BCUT2D eigenvalue weighted by atomic mass is 14.3. The van der Waals surface area contributed by atoms with E-state index in [-0.39, 0.29) is 0 Å². The Bertz CT molecular complexity index is 2700. The average Bonchev–Trinajstić information content (AvgIpc) is 3.52. The molecule has 0 bridgehead atoms. The second-order valence-corrected chi connectivity index (χ2v) is 13.4. The van der Waals surface area contributed by atoms with Crippen molar-refractivity contribution in [2.45, 2.75) is 27.7 Å². The maximum atomic E-state index is 10.8. The van der Waals surface area contributed by atoms with Crippen LogP contribution >= 0.6 is 0 Å². The Kier molecular flexibility index (Phi) is 4.63. The molecule has 0 unspecified atom stereocenters. The smallest absolute Gasteiger partial charge is 0.0998 e. The molecule has 0 radical (unpaired) electrons. The van der Waals surface area contributed by atoms with Gasteiger partial charge in [0.05, 0.1) is 23.3 Å². The van der Waals surface area contributed by atoms with Crippen molar-refractivity contribution in [3.05, 3.63) is 118 Å². The lowest BCUT2D eigenvalue weighted by Gasteiger charge is -2.17. The van der Waals surface area contributed by atoms with Gasteiger partial charge in [0.2, 0.25) is 0 Å². The van der Waals surface area contributed by atoms with Crippen LogP contribution in [-0.4, -0.2) is 0 Å². The molecule has 0 heterocycles. The van der Waals surface area contributed by atoms with Crippen LogP contribution in [0.3, 0.4) is 0 Å². The molecule has 8 aromatic rings. The van der Waals surface area contributed by atoms with Gasteiger partial charge in [0.25, 0.3) is 0 Å². The van der Waals surface area contributed by atoms with Gasteiger partial charge in [-0.1, -0.05) is 72.8 Å². The molecule has 2 aliphatic rings. The van der Waals surface area contributed by atoms with Gasteiger partial charge >= 0.3 is 0 Å². The number of hydrogen-bond donors (Lipinski definition) is 0. The summed E-state index contributed by atoms with van der Waals surface area (Å²) in [5.41, 5.74) is 15.7. The zero-order valence-corrected chi connectivity index (χ0v) is 26.0. The molecule has 2 aliphatic carbocycles. The second-order valence-electron chi connectivity index (χ2n) is 13.4. The average molecular weight is 583 g/mol. The summed E-state index contributed by atoms with van der Waals surface area (Å²) in [7, 11) is 0. The van der Waals surface area contributed by atoms with E-state index < -0.39 is 0 Å². The third-order valence-corrected chi connectivity index (χ3v) is 10.4. The van der Waals surface area contributed by atoms with Crippen LogP contribution in [0.2, 0.25) is 0 Å². The molecule has 0 spiro atoms. The summed E-state index contributed by atoms with van der Waals surface area (Å²) in [6, 6.07) is 36.3. The molecule has 46 heavy (non-hydrogen) atoms. The minimum absolute atomic E-state index is 0.606. The first-order valence-electron chi connectivity index (χ1n) is 15.8. The maximum Gasteiger partial charge on any atom is 0.0998 e. The van der Waals surface area contributed by atoms with Crippen molar-refractivity contribution in [2.75, 3.05) is 0 Å². The lowest BCUT2D eigenvalue weighted by atomic mass is 9.85. The van der Waals surface area contributed by atoms with Crippen LogP contribution in [0.25, 0.3) is 98.4 Å². The minimum atomic E-state index is 0.606. The SMILES string of the molecule is Cc1cc2c3c(cc(C)cc3c1)-c1c-2ccc2c1cc(C#N)c1c3ccc4c(c3cc(C#N)c21)-c1cc(C)cc2cc(C)cc-4c12. The van der Waals surface area contributed by atoms with E-state index in [9.17, 15) is 10.5 Å². The summed E-state index contributed by atoms with van der Waals surface area (Å²) >= 11 is 0. The Morgan fingerprint density at radius 3 is 1.11 bits per heavy atom. The lowest BCUT2D eigenvalue weighted by molar-refractivity contribution is 1.48. The van der Waals surface area contributed by atoms with Crippen LogP contribution < -0.4 is 0 Å². The van der Waals surface area contributed by atoms with E-state index in [0.29, 0.717) is 11.1 Å². The molecule has 8 aromatic carbocycles. The van der Waals surface area contributed by atoms with Crippen molar-refractivity contribution in [2.24, 2.45) is 0 Å². The molecule has 2 heteroatoms. The molecule has 0 saturated carbocycles.